The maximum absolute atomic E-state index is 14.7. The van der Waals surface area contributed by atoms with Crippen LogP contribution in [0, 0.1) is 35.5 Å². The fourth-order valence-corrected chi connectivity index (χ4v) is 12.3. The third-order valence-electron chi connectivity index (χ3n) is 17.4. The number of aliphatic hydroxyl groups excluding tert-OH is 4. The highest BCUT2D eigenvalue weighted by Crippen LogP contribution is 2.38. The summed E-state index contributed by atoms with van der Waals surface area (Å²) in [4.78, 5) is 87.9. The number of methoxy groups -OCH3 is 4. The van der Waals surface area contributed by atoms with Crippen molar-refractivity contribution in [1.29, 1.82) is 0 Å². The molecule has 1 aliphatic carbocycles. The van der Waals surface area contributed by atoms with Crippen molar-refractivity contribution in [2.45, 2.75) is 211 Å². The van der Waals surface area contributed by atoms with Crippen LogP contribution < -0.4 is 0 Å². The van der Waals surface area contributed by atoms with E-state index in [-0.39, 0.29) is 68.6 Å². The number of esters is 1. The summed E-state index contributed by atoms with van der Waals surface area (Å²) in [5, 5.41) is 52.7. The third-order valence-corrected chi connectivity index (χ3v) is 17.4. The first-order valence-corrected chi connectivity index (χ1v) is 29.5. The van der Waals surface area contributed by atoms with Crippen LogP contribution >= 0.6 is 0 Å². The van der Waals surface area contributed by atoms with Crippen molar-refractivity contribution in [1.82, 2.24) is 4.90 Å². The molecule has 20 atom stereocenters. The van der Waals surface area contributed by atoms with E-state index in [0.29, 0.717) is 57.8 Å². The van der Waals surface area contributed by atoms with Crippen LogP contribution in [-0.2, 0) is 71.3 Å². The highest BCUT2D eigenvalue weighted by Gasteiger charge is 2.53. The second kappa shape index (κ2) is 33.0. The molecule has 0 aromatic rings. The first kappa shape index (κ1) is 69.5. The lowest BCUT2D eigenvalue weighted by Gasteiger charge is -2.42. The maximum atomic E-state index is 14.7. The van der Waals surface area contributed by atoms with Crippen molar-refractivity contribution in [3.8, 4) is 0 Å². The Labute approximate surface area is 489 Å². The van der Waals surface area contributed by atoms with Crippen molar-refractivity contribution in [2.75, 3.05) is 54.8 Å². The molecule has 2 unspecified atom stereocenters. The number of cyclic esters (lactones) is 1. The van der Waals surface area contributed by atoms with Crippen molar-refractivity contribution >= 4 is 35.4 Å². The van der Waals surface area contributed by atoms with Crippen LogP contribution in [0.15, 0.2) is 47.6 Å². The molecule has 5 N–H and O–H groups in total. The minimum Gasteiger partial charge on any atom is -0.460 e. The van der Waals surface area contributed by atoms with E-state index >= 15 is 0 Å². The topological polar surface area (TPSA) is 299 Å². The summed E-state index contributed by atoms with van der Waals surface area (Å²) in [7, 11) is 5.61. The van der Waals surface area contributed by atoms with E-state index in [0.717, 1.165) is 10.5 Å². The Hall–Kier alpha value is -4.30. The first-order chi connectivity index (χ1) is 39.5. The second-order valence-corrected chi connectivity index (χ2v) is 23.5. The molecule has 1 amide bonds. The smallest absolute Gasteiger partial charge is 0.460 e. The number of fused-ring (bicyclic) bond motifs is 3. The molecule has 3 saturated heterocycles. The van der Waals surface area contributed by atoms with Gasteiger partial charge < -0.3 is 77.8 Å². The molecule has 0 aromatic heterocycles. The number of ether oxygens (including phenoxy) is 10. The van der Waals surface area contributed by atoms with Crippen LogP contribution in [0.1, 0.15) is 126 Å². The Morgan fingerprint density at radius 1 is 0.807 bits per heavy atom. The number of hydrogen-bond donors (Lipinski definition) is 5. The van der Waals surface area contributed by atoms with Gasteiger partial charge in [-0.25, -0.2) is 9.59 Å². The number of rotatable bonds is 13. The lowest BCUT2D eigenvalue weighted by Crippen LogP contribution is -2.61. The molecule has 0 spiro atoms. The molecule has 4 heterocycles. The van der Waals surface area contributed by atoms with Crippen LogP contribution in [0.4, 0.5) is 4.79 Å². The lowest BCUT2D eigenvalue weighted by atomic mass is 9.78. The number of ketones is 3. The normalized spacial score (nSPS) is 39.7. The van der Waals surface area contributed by atoms with Crippen LogP contribution in [0.5, 0.6) is 0 Å². The van der Waals surface area contributed by atoms with Gasteiger partial charge in [-0.05, 0) is 107 Å². The van der Waals surface area contributed by atoms with Gasteiger partial charge in [-0.2, -0.15) is 0 Å². The van der Waals surface area contributed by atoms with Gasteiger partial charge in [0.1, 0.15) is 42.3 Å². The molecule has 4 aliphatic heterocycles. The SMILES string of the molecule is CO[C@@H]1[C@@H](OC(=O)O[C@@H]2/C(C)=C/[C@@H](C)C(=O)C[C@@H]([C@H](C)CC3CC[C@@H](OCCO)[C@H](OC)C3)OC(=O)C3CCCCN3C(=O)C(=O)[C@]3(O)O[C@@H](CC[C@H]3C)C[C@H](OC)/C(C)=C/C=C/C=C/[C@@H](C)C[C@@H](C)C(=O)[C@@H]2OC)O[C@@H](CO)[C@H](O)[C@H]1O. The lowest BCUT2D eigenvalue weighted by molar-refractivity contribution is -0.294. The Kier molecular flexibility index (Phi) is 27.6. The number of carbonyl (C=O) groups is 6. The molecule has 470 valence electrons. The van der Waals surface area contributed by atoms with Crippen LogP contribution in [0.25, 0.3) is 0 Å². The van der Waals surface area contributed by atoms with Crippen molar-refractivity contribution in [3.63, 3.8) is 0 Å². The van der Waals surface area contributed by atoms with E-state index < -0.39 is 139 Å². The average Bonchev–Trinajstić information content (AvgIpc) is 3.36. The second-order valence-electron chi connectivity index (χ2n) is 23.5. The van der Waals surface area contributed by atoms with E-state index in [9.17, 15) is 54.3 Å². The van der Waals surface area contributed by atoms with Crippen LogP contribution in [-0.4, -0.2) is 206 Å². The highest BCUT2D eigenvalue weighted by atomic mass is 16.8. The Bertz CT molecular complexity index is 2270. The monoisotopic (exact) mass is 1180 g/mol. The molecule has 22 nitrogen and oxygen atoms in total. The molecule has 5 aliphatic rings. The standard InChI is InChI=1S/C61H95NO21/c1-34-17-13-12-14-18-35(2)46(74-8)31-42-22-20-40(7)61(73,83-42)56(69)57(70)62-24-16-15-19-43(62)58(71)79-47(37(4)29-41-21-23-45(78-26-25-63)48(30-41)75-9)32-44(65)36(3)28-39(6)53(54(76-10)50(66)38(5)27-34)81-60(72)82-59-55(77-11)52(68)51(67)49(33-64)80-59/h12-14,17-18,28,34,36-38,40-43,45-49,51-55,59,63-64,67-68,73H,15-16,19-27,29-33H2,1-11H3/b14-12+,17-13+,35-18+,39-28+/t34-,36-,37-,38-,40-,41?,42+,43?,45-,46+,47+,48-,49+,51+,52-,53-,54+,55+,59-,61-/m1/s1. The molecule has 83 heavy (non-hydrogen) atoms. The number of allylic oxidation sites excluding steroid dienone is 6. The first-order valence-electron chi connectivity index (χ1n) is 29.5. The van der Waals surface area contributed by atoms with E-state index in [1.807, 2.05) is 51.2 Å². The van der Waals surface area contributed by atoms with Gasteiger partial charge in [0.05, 0.1) is 44.2 Å². The molecule has 22 heteroatoms. The molecule has 5 rings (SSSR count). The predicted molar refractivity (Wildman–Crippen MR) is 300 cm³/mol. The van der Waals surface area contributed by atoms with Crippen molar-refractivity contribution in [2.24, 2.45) is 35.5 Å². The summed E-state index contributed by atoms with van der Waals surface area (Å²) in [6.45, 7) is 11.5. The van der Waals surface area contributed by atoms with Gasteiger partial charge in [-0.1, -0.05) is 71.1 Å². The number of amides is 1. The molecule has 0 aromatic carbocycles. The van der Waals surface area contributed by atoms with E-state index in [4.69, 9.17) is 47.4 Å². The minimum atomic E-state index is -2.50. The number of hydrogen-bond acceptors (Lipinski definition) is 21. The zero-order valence-corrected chi connectivity index (χ0v) is 50.5. The molecule has 0 radical (unpaired) electrons. The Balaban J connectivity index is 1.55. The van der Waals surface area contributed by atoms with Gasteiger partial charge in [0.15, 0.2) is 18.0 Å². The number of nitrogens with zero attached hydrogens (tertiary/aromatic N) is 1. The van der Waals surface area contributed by atoms with Gasteiger partial charge in [0.25, 0.3) is 11.7 Å². The summed E-state index contributed by atoms with van der Waals surface area (Å²) < 4.78 is 58.3. The summed E-state index contributed by atoms with van der Waals surface area (Å²) >= 11 is 0. The fourth-order valence-electron chi connectivity index (χ4n) is 12.3. The van der Waals surface area contributed by atoms with Gasteiger partial charge in [0, 0.05) is 65.6 Å². The van der Waals surface area contributed by atoms with Crippen LogP contribution in [0.3, 0.4) is 0 Å². The fraction of sp³-hybridized carbons (Fsp3) is 0.770. The summed E-state index contributed by atoms with van der Waals surface area (Å²) in [5.41, 5.74) is 1.02. The van der Waals surface area contributed by atoms with E-state index in [1.165, 1.54) is 20.3 Å². The highest BCUT2D eigenvalue weighted by molar-refractivity contribution is 6.39. The van der Waals surface area contributed by atoms with E-state index in [2.05, 4.69) is 0 Å². The van der Waals surface area contributed by atoms with E-state index in [1.54, 1.807) is 41.9 Å². The molecular weight excluding hydrogens is 1080 g/mol. The number of Topliss-reactive ketones (excluding diaryl/α,β-unsaturated/α-hetero) is 3. The molecular formula is C61H95NO21. The van der Waals surface area contributed by atoms with Gasteiger partial charge in [0.2, 0.25) is 12.1 Å². The summed E-state index contributed by atoms with van der Waals surface area (Å²) in [6, 6.07) is -1.24. The van der Waals surface area contributed by atoms with Gasteiger partial charge in [-0.15, -0.1) is 0 Å². The van der Waals surface area contributed by atoms with Gasteiger partial charge >= 0.3 is 12.1 Å². The predicted octanol–water partition coefficient (Wildman–Crippen LogP) is 4.81. The zero-order valence-electron chi connectivity index (χ0n) is 50.5. The molecule has 2 bridgehead atoms. The Morgan fingerprint density at radius 3 is 2.20 bits per heavy atom. The minimum absolute atomic E-state index is 0.0191. The van der Waals surface area contributed by atoms with Gasteiger partial charge in [-0.3, -0.25) is 19.2 Å². The average molecular weight is 1180 g/mol. The van der Waals surface area contributed by atoms with Crippen LogP contribution in [0.2, 0.25) is 0 Å². The number of piperidine rings is 1. The summed E-state index contributed by atoms with van der Waals surface area (Å²) in [6.07, 6.45) is 0.605. The molecule has 4 fully saturated rings. The molecule has 1 saturated carbocycles. The largest absolute Gasteiger partial charge is 0.511 e. The number of carbonyl (C=O) groups excluding carboxylic acids is 6. The zero-order chi connectivity index (χ0) is 61.3. The third kappa shape index (κ3) is 18.4. The Morgan fingerprint density at radius 2 is 1.54 bits per heavy atom. The summed E-state index contributed by atoms with van der Waals surface area (Å²) in [5.74, 6) is -9.44. The van der Waals surface area contributed by atoms with Crippen molar-refractivity contribution in [3.05, 3.63) is 47.6 Å². The quantitative estimate of drug-likeness (QED) is 0.0939. The maximum Gasteiger partial charge on any atom is 0.511 e. The van der Waals surface area contributed by atoms with Crippen molar-refractivity contribution < 1.29 is 102 Å². The number of aliphatic hydroxyl groups is 5.